The summed E-state index contributed by atoms with van der Waals surface area (Å²) in [6.45, 7) is 3.25. The maximum Gasteiger partial charge on any atom is 0.0537 e. The van der Waals surface area contributed by atoms with Crippen LogP contribution in [0, 0.1) is 0 Å². The molecule has 7 rings (SSSR count). The maximum absolute atomic E-state index is 2.54. The van der Waals surface area contributed by atoms with Gasteiger partial charge in [0, 0.05) is 57.0 Å². The lowest BCUT2D eigenvalue weighted by atomic mass is 9.93. The van der Waals surface area contributed by atoms with Gasteiger partial charge in [-0.05, 0) is 49.1 Å². The molecule has 0 spiro atoms. The van der Waals surface area contributed by atoms with E-state index in [-0.39, 0.29) is 0 Å². The molecule has 0 aliphatic heterocycles. The number of rotatable bonds is 3. The maximum atomic E-state index is 2.54. The van der Waals surface area contributed by atoms with Crippen molar-refractivity contribution >= 4 is 34.0 Å². The molecule has 0 N–H and O–H groups in total. The molecule has 1 atom stereocenters. The fourth-order valence-electron chi connectivity index (χ4n) is 6.14. The van der Waals surface area contributed by atoms with Crippen LogP contribution in [0.5, 0.6) is 0 Å². The molecular formula is C32H28N2. The van der Waals surface area contributed by atoms with E-state index in [9.17, 15) is 0 Å². The SMILES string of the molecule is CC1CC=Cc2c1n(-c1cccc(Cn3c4c(c5ccccc53)C=CCC4)c1)c1ccccc21. The predicted molar refractivity (Wildman–Crippen MR) is 144 cm³/mol. The summed E-state index contributed by atoms with van der Waals surface area (Å²) in [5.74, 6) is 0.503. The Morgan fingerprint density at radius 1 is 0.794 bits per heavy atom. The fraction of sp³-hybridized carbons (Fsp3) is 0.188. The monoisotopic (exact) mass is 440 g/mol. The van der Waals surface area contributed by atoms with Gasteiger partial charge in [0.05, 0.1) is 5.52 Å². The van der Waals surface area contributed by atoms with Crippen LogP contribution in [0.3, 0.4) is 0 Å². The second-order valence-corrected chi connectivity index (χ2v) is 9.77. The number of nitrogens with zero attached hydrogens (tertiary/aromatic N) is 2. The summed E-state index contributed by atoms with van der Waals surface area (Å²) < 4.78 is 5.05. The van der Waals surface area contributed by atoms with Crippen molar-refractivity contribution in [2.45, 2.75) is 38.6 Å². The van der Waals surface area contributed by atoms with Crippen molar-refractivity contribution in [2.75, 3.05) is 0 Å². The molecule has 0 bridgehead atoms. The summed E-state index contributed by atoms with van der Waals surface area (Å²) in [5, 5.41) is 2.72. The molecule has 2 nitrogen and oxygen atoms in total. The average molecular weight is 441 g/mol. The first-order valence-electron chi connectivity index (χ1n) is 12.5. The third-order valence-corrected chi connectivity index (χ3v) is 7.66. The van der Waals surface area contributed by atoms with E-state index in [0.717, 1.165) is 25.8 Å². The summed E-state index contributed by atoms with van der Waals surface area (Å²) in [6.07, 6.45) is 12.6. The summed E-state index contributed by atoms with van der Waals surface area (Å²) in [4.78, 5) is 0. The minimum Gasteiger partial charge on any atom is -0.340 e. The smallest absolute Gasteiger partial charge is 0.0537 e. The van der Waals surface area contributed by atoms with Gasteiger partial charge in [-0.25, -0.2) is 0 Å². The zero-order chi connectivity index (χ0) is 22.6. The van der Waals surface area contributed by atoms with Crippen molar-refractivity contribution in [1.29, 1.82) is 0 Å². The first-order valence-corrected chi connectivity index (χ1v) is 12.5. The van der Waals surface area contributed by atoms with E-state index < -0.39 is 0 Å². The molecule has 2 aliphatic rings. The number of para-hydroxylation sites is 2. The average Bonchev–Trinajstić information content (AvgIpc) is 3.39. The van der Waals surface area contributed by atoms with Crippen LogP contribution in [0.25, 0.3) is 39.6 Å². The zero-order valence-corrected chi connectivity index (χ0v) is 19.5. The predicted octanol–water partition coefficient (Wildman–Crippen LogP) is 8.11. The fourth-order valence-corrected chi connectivity index (χ4v) is 6.14. The Hall–Kier alpha value is -3.78. The largest absolute Gasteiger partial charge is 0.340 e. The van der Waals surface area contributed by atoms with Crippen LogP contribution in [-0.4, -0.2) is 9.13 Å². The molecule has 0 fully saturated rings. The van der Waals surface area contributed by atoms with Crippen molar-refractivity contribution in [2.24, 2.45) is 0 Å². The Kier molecular flexibility index (Phi) is 4.41. The molecule has 2 heterocycles. The van der Waals surface area contributed by atoms with E-state index in [2.05, 4.69) is 113 Å². The second-order valence-electron chi connectivity index (χ2n) is 9.77. The third-order valence-electron chi connectivity index (χ3n) is 7.66. The Morgan fingerprint density at radius 3 is 2.44 bits per heavy atom. The highest BCUT2D eigenvalue weighted by atomic mass is 15.0. The highest BCUT2D eigenvalue weighted by Gasteiger charge is 2.23. The lowest BCUT2D eigenvalue weighted by Crippen LogP contribution is -2.09. The summed E-state index contributed by atoms with van der Waals surface area (Å²) in [7, 11) is 0. The van der Waals surface area contributed by atoms with Gasteiger partial charge in [0.2, 0.25) is 0 Å². The summed E-state index contributed by atoms with van der Waals surface area (Å²) >= 11 is 0. The van der Waals surface area contributed by atoms with Gasteiger partial charge in [0.25, 0.3) is 0 Å². The van der Waals surface area contributed by atoms with Crippen LogP contribution in [0.1, 0.15) is 53.8 Å². The highest BCUT2D eigenvalue weighted by molar-refractivity contribution is 5.94. The minimum atomic E-state index is 0.503. The van der Waals surface area contributed by atoms with E-state index in [4.69, 9.17) is 0 Å². The van der Waals surface area contributed by atoms with Crippen LogP contribution >= 0.6 is 0 Å². The van der Waals surface area contributed by atoms with Gasteiger partial charge >= 0.3 is 0 Å². The van der Waals surface area contributed by atoms with Gasteiger partial charge in [0.15, 0.2) is 0 Å². The molecular weight excluding hydrogens is 412 g/mol. The first-order chi connectivity index (χ1) is 16.8. The lowest BCUT2D eigenvalue weighted by molar-refractivity contribution is 0.722. The topological polar surface area (TPSA) is 9.86 Å². The van der Waals surface area contributed by atoms with Gasteiger partial charge in [-0.15, -0.1) is 0 Å². The van der Waals surface area contributed by atoms with Crippen LogP contribution in [0.4, 0.5) is 0 Å². The number of benzene rings is 3. The van der Waals surface area contributed by atoms with Crippen LogP contribution in [0.15, 0.2) is 84.9 Å². The number of aromatic nitrogens is 2. The molecule has 1 unspecified atom stereocenters. The molecule has 166 valence electrons. The van der Waals surface area contributed by atoms with Gasteiger partial charge in [0.1, 0.15) is 0 Å². The number of allylic oxidation sites excluding steroid dienone is 2. The Bertz CT molecular complexity index is 1620. The van der Waals surface area contributed by atoms with Gasteiger partial charge in [-0.3, -0.25) is 0 Å². The van der Waals surface area contributed by atoms with Crippen molar-refractivity contribution in [3.8, 4) is 5.69 Å². The molecule has 0 amide bonds. The molecule has 0 radical (unpaired) electrons. The van der Waals surface area contributed by atoms with Gasteiger partial charge in [-0.2, -0.15) is 0 Å². The van der Waals surface area contributed by atoms with E-state index in [1.165, 1.54) is 55.6 Å². The number of hydrogen-bond acceptors (Lipinski definition) is 0. The van der Waals surface area contributed by atoms with Crippen molar-refractivity contribution in [3.63, 3.8) is 0 Å². The van der Waals surface area contributed by atoms with E-state index in [0.29, 0.717) is 5.92 Å². The molecule has 34 heavy (non-hydrogen) atoms. The van der Waals surface area contributed by atoms with Gasteiger partial charge in [-0.1, -0.05) is 79.8 Å². The zero-order valence-electron chi connectivity index (χ0n) is 19.5. The normalized spacial score (nSPS) is 16.8. The van der Waals surface area contributed by atoms with Crippen LogP contribution < -0.4 is 0 Å². The quantitative estimate of drug-likeness (QED) is 0.268. The molecule has 2 heteroatoms. The number of hydrogen-bond donors (Lipinski definition) is 0. The molecule has 2 aromatic heterocycles. The molecule has 5 aromatic rings. The lowest BCUT2D eigenvalue weighted by Gasteiger charge is -2.20. The second kappa shape index (κ2) is 7.63. The molecule has 2 aliphatic carbocycles. The van der Waals surface area contributed by atoms with Gasteiger partial charge < -0.3 is 9.13 Å². The van der Waals surface area contributed by atoms with E-state index in [1.54, 1.807) is 0 Å². The molecule has 0 saturated carbocycles. The Labute approximate surface area is 200 Å². The number of fused-ring (bicyclic) bond motifs is 6. The minimum absolute atomic E-state index is 0.503. The highest BCUT2D eigenvalue weighted by Crippen LogP contribution is 2.39. The Morgan fingerprint density at radius 2 is 1.56 bits per heavy atom. The van der Waals surface area contributed by atoms with Crippen LogP contribution in [0.2, 0.25) is 0 Å². The molecule has 0 saturated heterocycles. The van der Waals surface area contributed by atoms with Crippen LogP contribution in [-0.2, 0) is 13.0 Å². The van der Waals surface area contributed by atoms with E-state index in [1.807, 2.05) is 0 Å². The van der Waals surface area contributed by atoms with Crippen molar-refractivity contribution in [1.82, 2.24) is 9.13 Å². The molecule has 3 aromatic carbocycles. The Balaban J connectivity index is 1.38. The summed E-state index contributed by atoms with van der Waals surface area (Å²) in [5.41, 5.74) is 11.0. The van der Waals surface area contributed by atoms with Crippen molar-refractivity contribution < 1.29 is 0 Å². The van der Waals surface area contributed by atoms with E-state index >= 15 is 0 Å². The third kappa shape index (κ3) is 2.88. The summed E-state index contributed by atoms with van der Waals surface area (Å²) in [6, 6.07) is 26.9. The van der Waals surface area contributed by atoms with Crippen molar-refractivity contribution in [3.05, 3.63) is 113 Å². The first kappa shape index (κ1) is 19.7. The standard InChI is InChI=1S/C32H28N2/c1-22-10-8-16-28-27-15-4-7-19-31(27)34(32(22)28)24-12-9-11-23(20-24)21-33-29-17-5-2-13-25(29)26-14-3-6-18-30(26)33/h2-5,7-9,11-17,19-20,22H,6,10,18,21H2,1H3.